The molecule has 1 saturated heterocycles. The zero-order chi connectivity index (χ0) is 22.5. The predicted octanol–water partition coefficient (Wildman–Crippen LogP) is 3.43. The lowest BCUT2D eigenvalue weighted by Gasteiger charge is -2.33. The Morgan fingerprint density at radius 3 is 2.59 bits per heavy atom. The van der Waals surface area contributed by atoms with Crippen molar-refractivity contribution in [3.8, 4) is 0 Å². The van der Waals surface area contributed by atoms with Crippen molar-refractivity contribution in [1.29, 1.82) is 0 Å². The zero-order valence-corrected chi connectivity index (χ0v) is 19.1. The lowest BCUT2D eigenvalue weighted by molar-refractivity contribution is -0.134. The van der Waals surface area contributed by atoms with Crippen molar-refractivity contribution in [2.75, 3.05) is 19.6 Å². The van der Waals surface area contributed by atoms with Crippen LogP contribution in [0.5, 0.6) is 0 Å². The van der Waals surface area contributed by atoms with E-state index in [4.69, 9.17) is 11.6 Å². The van der Waals surface area contributed by atoms with E-state index in [0.29, 0.717) is 18.1 Å². The number of hydrogen-bond donors (Lipinski definition) is 1. The first-order valence-corrected chi connectivity index (χ1v) is 12.5. The smallest absolute Gasteiger partial charge is 0.253 e. The third kappa shape index (κ3) is 3.93. The van der Waals surface area contributed by atoms with Gasteiger partial charge in [0.1, 0.15) is 4.21 Å². The lowest BCUT2D eigenvalue weighted by atomic mass is 10.1. The molecule has 0 spiro atoms. The minimum absolute atomic E-state index is 0.167. The summed E-state index contributed by atoms with van der Waals surface area (Å²) < 4.78 is 28.5. The third-order valence-electron chi connectivity index (χ3n) is 5.50. The number of H-pyrrole nitrogens is 1. The first-order chi connectivity index (χ1) is 15.3. The number of hydrogen-bond acceptors (Lipinski definition) is 5. The van der Waals surface area contributed by atoms with Crippen molar-refractivity contribution in [3.63, 3.8) is 0 Å². The van der Waals surface area contributed by atoms with Gasteiger partial charge in [-0.05, 0) is 52.7 Å². The van der Waals surface area contributed by atoms with Crippen LogP contribution in [-0.2, 0) is 21.4 Å². The molecule has 1 aliphatic rings. The van der Waals surface area contributed by atoms with E-state index in [9.17, 15) is 18.0 Å². The standard InChI is InChI=1S/C22H18ClN3O4S2/c23-17-4-2-16-10-22(31-19(16)11-17)32(29,30)26-8-7-25(21(28)13-26)12-14-1-5-18-15(9-14)3-6-20(27)24-18/h1-6,9-11H,7-8,12-13H2,(H,24,27). The molecule has 1 fully saturated rings. The highest BCUT2D eigenvalue weighted by atomic mass is 35.5. The maximum Gasteiger partial charge on any atom is 0.253 e. The van der Waals surface area contributed by atoms with Gasteiger partial charge >= 0.3 is 0 Å². The largest absolute Gasteiger partial charge is 0.336 e. The number of nitrogens with one attached hydrogen (secondary N) is 1. The Morgan fingerprint density at radius 1 is 0.969 bits per heavy atom. The molecule has 10 heteroatoms. The lowest BCUT2D eigenvalue weighted by Crippen LogP contribution is -2.51. The number of piperazine rings is 1. The van der Waals surface area contributed by atoms with E-state index in [1.165, 1.54) is 10.4 Å². The van der Waals surface area contributed by atoms with Crippen LogP contribution in [0.2, 0.25) is 5.02 Å². The number of pyridine rings is 1. The Balaban J connectivity index is 1.32. The first-order valence-electron chi connectivity index (χ1n) is 9.89. The monoisotopic (exact) mass is 487 g/mol. The zero-order valence-electron chi connectivity index (χ0n) is 16.7. The van der Waals surface area contributed by atoms with Gasteiger partial charge in [0, 0.05) is 40.9 Å². The normalized spacial score (nSPS) is 15.7. The maximum atomic E-state index is 13.1. The Bertz CT molecular complexity index is 1530. The van der Waals surface area contributed by atoms with Gasteiger partial charge in [-0.25, -0.2) is 8.42 Å². The summed E-state index contributed by atoms with van der Waals surface area (Å²) in [4.78, 5) is 28.6. The van der Waals surface area contributed by atoms with Gasteiger partial charge in [-0.3, -0.25) is 9.59 Å². The molecule has 1 aliphatic heterocycles. The van der Waals surface area contributed by atoms with E-state index in [2.05, 4.69) is 4.98 Å². The number of thiophene rings is 1. The summed E-state index contributed by atoms with van der Waals surface area (Å²) in [6, 6.07) is 15.7. The fourth-order valence-corrected chi connectivity index (χ4v) is 7.03. The average molecular weight is 488 g/mol. The molecule has 3 heterocycles. The number of benzene rings is 2. The van der Waals surface area contributed by atoms with Crippen molar-refractivity contribution >= 4 is 59.9 Å². The van der Waals surface area contributed by atoms with E-state index in [1.807, 2.05) is 18.2 Å². The van der Waals surface area contributed by atoms with Gasteiger partial charge in [0.15, 0.2) is 0 Å². The molecule has 0 bridgehead atoms. The second kappa shape index (κ2) is 8.00. The van der Waals surface area contributed by atoms with E-state index < -0.39 is 10.0 Å². The highest BCUT2D eigenvalue weighted by Crippen LogP contribution is 2.33. The van der Waals surface area contributed by atoms with Crippen LogP contribution < -0.4 is 5.56 Å². The number of halogens is 1. The van der Waals surface area contributed by atoms with Crippen molar-refractivity contribution in [2.45, 2.75) is 10.8 Å². The molecule has 2 aromatic heterocycles. The van der Waals surface area contributed by atoms with Crippen molar-refractivity contribution in [1.82, 2.24) is 14.2 Å². The van der Waals surface area contributed by atoms with Crippen LogP contribution in [-0.4, -0.2) is 48.1 Å². The van der Waals surface area contributed by atoms with Gasteiger partial charge < -0.3 is 9.88 Å². The summed E-state index contributed by atoms with van der Waals surface area (Å²) in [5.74, 6) is -0.245. The third-order valence-corrected chi connectivity index (χ3v) is 9.13. The summed E-state index contributed by atoms with van der Waals surface area (Å²) in [5.41, 5.74) is 1.48. The minimum atomic E-state index is -3.77. The van der Waals surface area contributed by atoms with Crippen LogP contribution in [0.25, 0.3) is 21.0 Å². The van der Waals surface area contributed by atoms with Crippen molar-refractivity contribution in [3.05, 3.63) is 75.5 Å². The van der Waals surface area contributed by atoms with Crippen LogP contribution >= 0.6 is 22.9 Å². The SMILES string of the molecule is O=C1CN(S(=O)(=O)c2cc3ccc(Cl)cc3s2)CCN1Cc1ccc2[nH]c(=O)ccc2c1. The summed E-state index contributed by atoms with van der Waals surface area (Å²) in [5, 5.41) is 2.23. The van der Waals surface area contributed by atoms with E-state index >= 15 is 0 Å². The van der Waals surface area contributed by atoms with Crippen LogP contribution in [0.4, 0.5) is 0 Å². The van der Waals surface area contributed by atoms with Crippen LogP contribution in [0.15, 0.2) is 63.6 Å². The van der Waals surface area contributed by atoms with Gasteiger partial charge in [-0.15, -0.1) is 11.3 Å². The quantitative estimate of drug-likeness (QED) is 0.477. The fourth-order valence-electron chi connectivity index (χ4n) is 3.82. The summed E-state index contributed by atoms with van der Waals surface area (Å²) in [7, 11) is -3.77. The molecule has 1 amide bonds. The number of carbonyl (C=O) groups excluding carboxylic acids is 1. The second-order valence-electron chi connectivity index (χ2n) is 7.65. The summed E-state index contributed by atoms with van der Waals surface area (Å²) >= 11 is 7.17. The van der Waals surface area contributed by atoms with Crippen molar-refractivity contribution < 1.29 is 13.2 Å². The Labute approximate surface area is 192 Å². The number of amides is 1. The highest BCUT2D eigenvalue weighted by Gasteiger charge is 2.33. The Morgan fingerprint density at radius 2 is 1.78 bits per heavy atom. The fraction of sp³-hybridized carbons (Fsp3) is 0.182. The molecule has 4 aromatic rings. The molecule has 164 valence electrons. The van der Waals surface area contributed by atoms with E-state index in [-0.39, 0.29) is 28.8 Å². The molecule has 32 heavy (non-hydrogen) atoms. The number of nitrogens with zero attached hydrogens (tertiary/aromatic N) is 2. The van der Waals surface area contributed by atoms with Gasteiger partial charge in [-0.2, -0.15) is 4.31 Å². The van der Waals surface area contributed by atoms with E-state index in [1.54, 1.807) is 35.2 Å². The van der Waals surface area contributed by atoms with Gasteiger partial charge in [0.2, 0.25) is 11.5 Å². The number of carbonyl (C=O) groups is 1. The minimum Gasteiger partial charge on any atom is -0.336 e. The van der Waals surface area contributed by atoms with Crippen LogP contribution in [0.3, 0.4) is 0 Å². The number of aromatic amines is 1. The molecule has 0 atom stereocenters. The van der Waals surface area contributed by atoms with Crippen LogP contribution in [0.1, 0.15) is 5.56 Å². The van der Waals surface area contributed by atoms with E-state index in [0.717, 1.165) is 37.9 Å². The molecule has 7 nitrogen and oxygen atoms in total. The number of sulfonamides is 1. The average Bonchev–Trinajstić information content (AvgIpc) is 3.19. The molecule has 2 aromatic carbocycles. The molecule has 5 rings (SSSR count). The van der Waals surface area contributed by atoms with Gasteiger partial charge in [-0.1, -0.05) is 23.7 Å². The van der Waals surface area contributed by atoms with Gasteiger partial charge in [0.05, 0.1) is 6.54 Å². The molecular weight excluding hydrogens is 470 g/mol. The highest BCUT2D eigenvalue weighted by molar-refractivity contribution is 7.91. The van der Waals surface area contributed by atoms with Gasteiger partial charge in [0.25, 0.3) is 10.0 Å². The number of aromatic nitrogens is 1. The number of rotatable bonds is 4. The molecule has 0 unspecified atom stereocenters. The molecule has 0 aliphatic carbocycles. The molecule has 0 saturated carbocycles. The Hall–Kier alpha value is -2.72. The summed E-state index contributed by atoms with van der Waals surface area (Å²) in [6.45, 7) is 0.712. The molecule has 1 N–H and O–H groups in total. The van der Waals surface area contributed by atoms with Crippen LogP contribution in [0, 0.1) is 0 Å². The molecule has 0 radical (unpaired) electrons. The second-order valence-corrected chi connectivity index (χ2v) is 11.3. The first kappa shape index (κ1) is 21.1. The Kier molecular flexibility index (Phi) is 5.29. The maximum absolute atomic E-state index is 13.1. The summed E-state index contributed by atoms with van der Waals surface area (Å²) in [6.07, 6.45) is 0. The predicted molar refractivity (Wildman–Crippen MR) is 126 cm³/mol. The topological polar surface area (TPSA) is 90.6 Å². The van der Waals surface area contributed by atoms with Crippen molar-refractivity contribution in [2.24, 2.45) is 0 Å². The molecular formula is C22H18ClN3O4S2. The number of fused-ring (bicyclic) bond motifs is 2.